The molecule has 0 fully saturated rings. The zero-order valence-corrected chi connectivity index (χ0v) is 15.0. The van der Waals surface area contributed by atoms with Crippen molar-refractivity contribution in [3.8, 4) is 5.75 Å². The number of fused-ring (bicyclic) bond motifs is 1. The lowest BCUT2D eigenvalue weighted by molar-refractivity contribution is -0.125. The van der Waals surface area contributed by atoms with Crippen LogP contribution in [0.3, 0.4) is 0 Å². The lowest BCUT2D eigenvalue weighted by Crippen LogP contribution is -2.51. The number of hydrogen-bond donors (Lipinski definition) is 3. The van der Waals surface area contributed by atoms with Crippen LogP contribution in [-0.4, -0.2) is 48.6 Å². The van der Waals surface area contributed by atoms with Crippen molar-refractivity contribution in [2.75, 3.05) is 36.6 Å². The first-order valence-corrected chi connectivity index (χ1v) is 9.26. The number of hydrogen-bond acceptors (Lipinski definition) is 5. The van der Waals surface area contributed by atoms with Gasteiger partial charge in [0.2, 0.25) is 0 Å². The van der Waals surface area contributed by atoms with E-state index in [0.717, 1.165) is 18.7 Å². The number of rotatable bonds is 6. The minimum Gasteiger partial charge on any atom is -0.482 e. The molecular weight excluding hydrogens is 348 g/mol. The number of para-hydroxylation sites is 2. The van der Waals surface area contributed by atoms with Gasteiger partial charge in [0.1, 0.15) is 12.3 Å². The highest BCUT2D eigenvalue weighted by Crippen LogP contribution is 2.30. The molecule has 0 unspecified atom stereocenters. The van der Waals surface area contributed by atoms with Crippen molar-refractivity contribution in [3.63, 3.8) is 0 Å². The number of hydrazine groups is 1. The molecular formula is C15H20N4O3S2. The summed E-state index contributed by atoms with van der Waals surface area (Å²) >= 11 is 6.83. The van der Waals surface area contributed by atoms with Crippen molar-refractivity contribution in [1.29, 1.82) is 0 Å². The number of thiocarbonyl (C=S) groups is 1. The largest absolute Gasteiger partial charge is 0.482 e. The van der Waals surface area contributed by atoms with E-state index in [-0.39, 0.29) is 25.0 Å². The summed E-state index contributed by atoms with van der Waals surface area (Å²) in [5.74, 6) is 0.999. The Bertz CT molecular complexity index is 612. The predicted octanol–water partition coefficient (Wildman–Crippen LogP) is 0.660. The number of thioether (sulfide) groups is 1. The second kappa shape index (κ2) is 9.33. The predicted molar refractivity (Wildman–Crippen MR) is 99.2 cm³/mol. The molecule has 9 heteroatoms. The normalized spacial score (nSPS) is 12.9. The molecule has 1 aromatic carbocycles. The summed E-state index contributed by atoms with van der Waals surface area (Å²) in [6.45, 7) is 0.548. The third-order valence-corrected chi connectivity index (χ3v) is 4.18. The number of benzene rings is 1. The van der Waals surface area contributed by atoms with Crippen LogP contribution in [0.1, 0.15) is 6.42 Å². The molecule has 0 atom stereocenters. The fraction of sp³-hybridized carbons (Fsp3) is 0.400. The van der Waals surface area contributed by atoms with E-state index >= 15 is 0 Å². The number of ether oxygens (including phenoxy) is 1. The maximum Gasteiger partial charge on any atom is 0.265 e. The van der Waals surface area contributed by atoms with E-state index in [9.17, 15) is 9.59 Å². The van der Waals surface area contributed by atoms with Gasteiger partial charge in [0.15, 0.2) is 11.7 Å². The Morgan fingerprint density at radius 1 is 1.38 bits per heavy atom. The van der Waals surface area contributed by atoms with E-state index in [2.05, 4.69) is 16.2 Å². The highest BCUT2D eigenvalue weighted by molar-refractivity contribution is 7.98. The topological polar surface area (TPSA) is 82.7 Å². The van der Waals surface area contributed by atoms with Gasteiger partial charge >= 0.3 is 0 Å². The van der Waals surface area contributed by atoms with Gasteiger partial charge < -0.3 is 10.1 Å². The SMILES string of the molecule is CSCCCNC(=S)NNC(=O)CN1C(=O)COc2ccccc21. The van der Waals surface area contributed by atoms with Crippen LogP contribution in [0.25, 0.3) is 0 Å². The van der Waals surface area contributed by atoms with Crippen LogP contribution in [0, 0.1) is 0 Å². The molecule has 0 aromatic heterocycles. The summed E-state index contributed by atoms with van der Waals surface area (Å²) < 4.78 is 5.34. The van der Waals surface area contributed by atoms with Crippen LogP contribution in [0.15, 0.2) is 24.3 Å². The van der Waals surface area contributed by atoms with E-state index in [0.29, 0.717) is 16.5 Å². The molecule has 2 rings (SSSR count). The maximum atomic E-state index is 12.0. The van der Waals surface area contributed by atoms with Crippen molar-refractivity contribution < 1.29 is 14.3 Å². The van der Waals surface area contributed by atoms with Gasteiger partial charge in [0, 0.05) is 6.54 Å². The van der Waals surface area contributed by atoms with Gasteiger partial charge in [-0.2, -0.15) is 11.8 Å². The van der Waals surface area contributed by atoms with Crippen LogP contribution >= 0.6 is 24.0 Å². The third-order valence-electron chi connectivity index (χ3n) is 3.24. The van der Waals surface area contributed by atoms with Crippen molar-refractivity contribution >= 4 is 46.6 Å². The van der Waals surface area contributed by atoms with E-state index in [1.165, 1.54) is 4.90 Å². The Morgan fingerprint density at radius 2 is 2.17 bits per heavy atom. The Morgan fingerprint density at radius 3 is 2.96 bits per heavy atom. The van der Waals surface area contributed by atoms with Crippen LogP contribution in [0.5, 0.6) is 5.75 Å². The highest BCUT2D eigenvalue weighted by atomic mass is 32.2. The molecule has 0 spiro atoms. The molecule has 7 nitrogen and oxygen atoms in total. The zero-order chi connectivity index (χ0) is 17.4. The summed E-state index contributed by atoms with van der Waals surface area (Å²) in [5, 5.41) is 3.34. The molecule has 0 saturated heterocycles. The lowest BCUT2D eigenvalue weighted by atomic mass is 10.2. The van der Waals surface area contributed by atoms with E-state index in [1.807, 2.05) is 12.3 Å². The zero-order valence-electron chi connectivity index (χ0n) is 13.3. The summed E-state index contributed by atoms with van der Waals surface area (Å²) in [6, 6.07) is 7.11. The average Bonchev–Trinajstić information content (AvgIpc) is 2.59. The Balaban J connectivity index is 1.80. The molecule has 0 bridgehead atoms. The van der Waals surface area contributed by atoms with Crippen LogP contribution in [-0.2, 0) is 9.59 Å². The quantitative estimate of drug-likeness (QED) is 0.387. The number of nitrogens with one attached hydrogen (secondary N) is 3. The fourth-order valence-corrected chi connectivity index (χ4v) is 2.69. The lowest BCUT2D eigenvalue weighted by Gasteiger charge is -2.28. The van der Waals surface area contributed by atoms with Crippen LogP contribution in [0.2, 0.25) is 0 Å². The Labute approximate surface area is 150 Å². The van der Waals surface area contributed by atoms with Crippen molar-refractivity contribution in [2.24, 2.45) is 0 Å². The number of amides is 2. The molecule has 1 aliphatic heterocycles. The summed E-state index contributed by atoms with van der Waals surface area (Å²) in [5.41, 5.74) is 5.71. The van der Waals surface area contributed by atoms with E-state index in [4.69, 9.17) is 17.0 Å². The van der Waals surface area contributed by atoms with Gasteiger partial charge in [-0.05, 0) is 42.8 Å². The fourth-order valence-electron chi connectivity index (χ4n) is 2.10. The molecule has 0 radical (unpaired) electrons. The minimum atomic E-state index is -0.367. The van der Waals surface area contributed by atoms with Gasteiger partial charge in [-0.25, -0.2) is 0 Å². The van der Waals surface area contributed by atoms with Gasteiger partial charge in [-0.1, -0.05) is 12.1 Å². The summed E-state index contributed by atoms with van der Waals surface area (Å²) in [7, 11) is 0. The van der Waals surface area contributed by atoms with Gasteiger partial charge in [-0.15, -0.1) is 0 Å². The molecule has 0 saturated carbocycles. The number of carbonyl (C=O) groups is 2. The van der Waals surface area contributed by atoms with Gasteiger partial charge in [-0.3, -0.25) is 25.3 Å². The first-order valence-electron chi connectivity index (χ1n) is 7.45. The monoisotopic (exact) mass is 368 g/mol. The minimum absolute atomic E-state index is 0.0763. The molecule has 1 aliphatic rings. The molecule has 3 N–H and O–H groups in total. The average molecular weight is 368 g/mol. The second-order valence-corrected chi connectivity index (χ2v) is 6.41. The van der Waals surface area contributed by atoms with Crippen molar-refractivity contribution in [1.82, 2.24) is 16.2 Å². The van der Waals surface area contributed by atoms with Gasteiger partial charge in [0.25, 0.3) is 11.8 Å². The Hall–Kier alpha value is -2.00. The highest BCUT2D eigenvalue weighted by Gasteiger charge is 2.26. The number of carbonyl (C=O) groups excluding carboxylic acids is 2. The smallest absolute Gasteiger partial charge is 0.265 e. The maximum absolute atomic E-state index is 12.0. The Kier molecular flexibility index (Phi) is 7.13. The molecule has 130 valence electrons. The summed E-state index contributed by atoms with van der Waals surface area (Å²) in [4.78, 5) is 25.4. The molecule has 0 aliphatic carbocycles. The second-order valence-electron chi connectivity index (χ2n) is 5.01. The molecule has 1 aromatic rings. The third kappa shape index (κ3) is 5.27. The standard InChI is InChI=1S/C15H20N4O3S2/c1-24-8-4-7-16-15(23)18-17-13(20)9-19-11-5-2-3-6-12(11)22-10-14(19)21/h2-3,5-6H,4,7-10H2,1H3,(H,17,20)(H2,16,18,23). The molecule has 2 amide bonds. The number of nitrogens with zero attached hydrogens (tertiary/aromatic N) is 1. The van der Waals surface area contributed by atoms with Crippen molar-refractivity contribution in [2.45, 2.75) is 6.42 Å². The first-order chi connectivity index (χ1) is 11.6. The van der Waals surface area contributed by atoms with Gasteiger partial charge in [0.05, 0.1) is 5.69 Å². The first kappa shape index (κ1) is 18.3. The van der Waals surface area contributed by atoms with Crippen LogP contribution < -0.4 is 25.8 Å². The van der Waals surface area contributed by atoms with Crippen molar-refractivity contribution in [3.05, 3.63) is 24.3 Å². The van der Waals surface area contributed by atoms with E-state index in [1.54, 1.807) is 30.0 Å². The van der Waals surface area contributed by atoms with E-state index < -0.39 is 0 Å². The summed E-state index contributed by atoms with van der Waals surface area (Å²) in [6.07, 6.45) is 3.03. The number of anilines is 1. The molecule has 24 heavy (non-hydrogen) atoms. The van der Waals surface area contributed by atoms with Crippen LogP contribution in [0.4, 0.5) is 5.69 Å². The molecule has 1 heterocycles.